The van der Waals surface area contributed by atoms with Crippen molar-refractivity contribution >= 4 is 41.0 Å². The summed E-state index contributed by atoms with van der Waals surface area (Å²) in [6.45, 7) is 8.22. The van der Waals surface area contributed by atoms with E-state index in [-0.39, 0.29) is 32.2 Å². The predicted octanol–water partition coefficient (Wildman–Crippen LogP) is 7.53. The number of halogens is 1. The number of pyridine rings is 1. The molecule has 12 nitrogen and oxygen atoms in total. The molecule has 1 fully saturated rings. The van der Waals surface area contributed by atoms with Crippen LogP contribution in [0.1, 0.15) is 67.3 Å². The van der Waals surface area contributed by atoms with Gasteiger partial charge in [-0.15, -0.1) is 11.3 Å². The third-order valence-corrected chi connectivity index (χ3v) is 10.6. The fraction of sp³-hybridized carbons (Fsp3) is 0.310. The van der Waals surface area contributed by atoms with E-state index in [1.807, 2.05) is 43.3 Å². The highest BCUT2D eigenvalue weighted by Crippen LogP contribution is 2.37. The molecule has 5 aromatic rings. The first-order valence-corrected chi connectivity index (χ1v) is 19.4. The van der Waals surface area contributed by atoms with Crippen molar-refractivity contribution in [2.45, 2.75) is 59.4 Å². The molecule has 3 heterocycles. The second kappa shape index (κ2) is 21.1. The van der Waals surface area contributed by atoms with Crippen LogP contribution in [0.3, 0.4) is 0 Å². The zero-order chi connectivity index (χ0) is 39.9. The number of aliphatic hydroxyl groups excluding tert-OH is 1. The Morgan fingerprint density at radius 1 is 0.982 bits per heavy atom. The number of rotatable bonds is 15. The molecule has 1 aliphatic rings. The maximum Gasteiger partial charge on any atom is 0.290 e. The first kappa shape index (κ1) is 41.8. The van der Waals surface area contributed by atoms with E-state index in [0.717, 1.165) is 63.5 Å². The maximum absolute atomic E-state index is 13.1. The minimum Gasteiger partial charge on any atom is -0.488 e. The van der Waals surface area contributed by atoms with Crippen LogP contribution in [0.2, 0.25) is 5.02 Å². The number of nitriles is 1. The van der Waals surface area contributed by atoms with E-state index in [9.17, 15) is 10.1 Å². The van der Waals surface area contributed by atoms with Gasteiger partial charge in [0.2, 0.25) is 0 Å². The van der Waals surface area contributed by atoms with Crippen molar-refractivity contribution < 1.29 is 29.3 Å². The largest absolute Gasteiger partial charge is 0.488 e. The molecule has 0 radical (unpaired) electrons. The van der Waals surface area contributed by atoms with E-state index < -0.39 is 0 Å². The Morgan fingerprint density at radius 3 is 2.46 bits per heavy atom. The molecule has 1 aliphatic heterocycles. The highest BCUT2D eigenvalue weighted by atomic mass is 35.5. The minimum absolute atomic E-state index is 0.0510. The highest BCUT2D eigenvalue weighted by molar-refractivity contribution is 7.13. The smallest absolute Gasteiger partial charge is 0.290 e. The van der Waals surface area contributed by atoms with Gasteiger partial charge < -0.3 is 30.3 Å². The van der Waals surface area contributed by atoms with E-state index in [1.165, 1.54) is 36.8 Å². The molecule has 0 unspecified atom stereocenters. The number of hydrogen-bond acceptors (Lipinski definition) is 11. The van der Waals surface area contributed by atoms with Gasteiger partial charge >= 0.3 is 0 Å². The average Bonchev–Trinajstić information content (AvgIpc) is 3.69. The molecule has 1 saturated heterocycles. The van der Waals surface area contributed by atoms with Crippen LogP contribution < -0.4 is 20.1 Å². The first-order chi connectivity index (χ1) is 27.2. The monoisotopic (exact) mass is 796 g/mol. The average molecular weight is 797 g/mol. The maximum atomic E-state index is 13.1. The summed E-state index contributed by atoms with van der Waals surface area (Å²) in [5.74, 6) is 0.940. The molecule has 292 valence electrons. The van der Waals surface area contributed by atoms with E-state index in [0.29, 0.717) is 45.9 Å². The molecular weight excluding hydrogens is 752 g/mol. The number of thiazole rings is 1. The fourth-order valence-electron chi connectivity index (χ4n) is 6.40. The summed E-state index contributed by atoms with van der Waals surface area (Å²) in [7, 11) is 0. The Labute approximate surface area is 335 Å². The van der Waals surface area contributed by atoms with Crippen molar-refractivity contribution in [2.75, 3.05) is 31.6 Å². The van der Waals surface area contributed by atoms with Crippen molar-refractivity contribution in [1.82, 2.24) is 20.2 Å². The van der Waals surface area contributed by atoms with Crippen molar-refractivity contribution in [3.05, 3.63) is 121 Å². The van der Waals surface area contributed by atoms with Crippen LogP contribution in [-0.2, 0) is 31.1 Å². The number of piperidine rings is 1. The molecule has 0 bridgehead atoms. The third kappa shape index (κ3) is 11.3. The summed E-state index contributed by atoms with van der Waals surface area (Å²) in [4.78, 5) is 33.3. The van der Waals surface area contributed by atoms with Crippen molar-refractivity contribution in [1.29, 1.82) is 5.26 Å². The Bertz CT molecular complexity index is 2150. The van der Waals surface area contributed by atoms with Crippen LogP contribution in [0.5, 0.6) is 11.5 Å². The lowest BCUT2D eigenvalue weighted by Crippen LogP contribution is -2.29. The number of carbonyl (C=O) groups excluding carboxylic acids is 1. The highest BCUT2D eigenvalue weighted by Gasteiger charge is 2.19. The molecule has 4 N–H and O–H groups in total. The van der Waals surface area contributed by atoms with E-state index in [2.05, 4.69) is 50.6 Å². The number of nitrogens with one attached hydrogen (secondary N) is 2. The minimum atomic E-state index is -0.267. The number of benzene rings is 3. The summed E-state index contributed by atoms with van der Waals surface area (Å²) in [6.07, 6.45) is 8.52. The first-order valence-electron chi connectivity index (χ1n) is 18.2. The molecule has 14 heteroatoms. The van der Waals surface area contributed by atoms with Gasteiger partial charge in [0.15, 0.2) is 5.01 Å². The van der Waals surface area contributed by atoms with Crippen molar-refractivity contribution in [2.24, 2.45) is 0 Å². The lowest BCUT2D eigenvalue weighted by Gasteiger charge is -2.27. The van der Waals surface area contributed by atoms with Crippen LogP contribution in [0.25, 0.3) is 11.1 Å². The van der Waals surface area contributed by atoms with Crippen LogP contribution in [0.15, 0.2) is 73.2 Å². The standard InChI is InChI=1S/C41H43ClN6O4S.CH2O2/c1-27-31(8-6-9-34(27)35-10-7-11-37(28(35)2)47-40(50)41-46-23-33(53-41)22-44-12-15-49)26-52-39-18-38(51-25-30-16-29(19-43)20-45-21-30)32(17-36(39)42)24-48-13-4-3-5-14-48;2-1-3/h6-11,16-18,20-21,23,44,49H,3-5,12-15,22,24-26H2,1-2H3,(H,47,50);1H,(H,2,3). The molecular formula is C42H45ClN6O6S. The number of ether oxygens (including phenoxy) is 2. The Morgan fingerprint density at radius 2 is 1.71 bits per heavy atom. The van der Waals surface area contributed by atoms with Gasteiger partial charge in [0, 0.05) is 66.0 Å². The summed E-state index contributed by atoms with van der Waals surface area (Å²) >= 11 is 8.19. The summed E-state index contributed by atoms with van der Waals surface area (Å²) in [5, 5.41) is 32.3. The van der Waals surface area contributed by atoms with Gasteiger partial charge in [-0.1, -0.05) is 48.4 Å². The topological polar surface area (TPSA) is 170 Å². The molecule has 0 spiro atoms. The number of aliphatic hydroxyl groups is 1. The third-order valence-electron chi connectivity index (χ3n) is 9.31. The fourth-order valence-corrected chi connectivity index (χ4v) is 7.42. The normalized spacial score (nSPS) is 12.6. The van der Waals surface area contributed by atoms with Crippen molar-refractivity contribution in [3.8, 4) is 28.7 Å². The van der Waals surface area contributed by atoms with Crippen LogP contribution in [-0.4, -0.2) is 63.7 Å². The number of amides is 1. The van der Waals surface area contributed by atoms with Gasteiger partial charge in [-0.05, 0) is 85.8 Å². The Hall–Kier alpha value is -5.36. The molecule has 3 aromatic carbocycles. The predicted molar refractivity (Wildman–Crippen MR) is 217 cm³/mol. The van der Waals surface area contributed by atoms with Gasteiger partial charge in [-0.25, -0.2) is 4.98 Å². The Kier molecular flexibility index (Phi) is 15.7. The summed E-state index contributed by atoms with van der Waals surface area (Å²) in [5.41, 5.74) is 8.01. The van der Waals surface area contributed by atoms with Crippen LogP contribution >= 0.6 is 22.9 Å². The molecule has 1 amide bonds. The SMILES string of the molecule is Cc1c(COc2cc(OCc3cncc(C#N)c3)c(CN3CCCCC3)cc2Cl)cccc1-c1cccc(NC(=O)c2ncc(CNCCO)s2)c1C.O=CO. The zero-order valence-electron chi connectivity index (χ0n) is 31.4. The summed E-state index contributed by atoms with van der Waals surface area (Å²) in [6, 6.07) is 19.7. The van der Waals surface area contributed by atoms with Crippen LogP contribution in [0, 0.1) is 25.2 Å². The molecule has 56 heavy (non-hydrogen) atoms. The number of anilines is 1. The van der Waals surface area contributed by atoms with Crippen molar-refractivity contribution in [3.63, 3.8) is 0 Å². The van der Waals surface area contributed by atoms with Gasteiger partial charge in [0.1, 0.15) is 30.8 Å². The summed E-state index contributed by atoms with van der Waals surface area (Å²) < 4.78 is 12.8. The molecule has 2 aromatic heterocycles. The number of likely N-dealkylation sites (tertiary alicyclic amines) is 1. The van der Waals surface area contributed by atoms with Crippen LogP contribution in [0.4, 0.5) is 5.69 Å². The Balaban J connectivity index is 0.00000194. The lowest BCUT2D eigenvalue weighted by atomic mass is 9.93. The van der Waals surface area contributed by atoms with Gasteiger partial charge in [0.25, 0.3) is 12.4 Å². The van der Waals surface area contributed by atoms with E-state index in [4.69, 9.17) is 36.1 Å². The number of hydrogen-bond donors (Lipinski definition) is 4. The quantitative estimate of drug-likeness (QED) is 0.0610. The van der Waals surface area contributed by atoms with Gasteiger partial charge in [-0.3, -0.25) is 19.5 Å². The van der Waals surface area contributed by atoms with E-state index in [1.54, 1.807) is 18.5 Å². The second-order valence-corrected chi connectivity index (χ2v) is 14.7. The number of carboxylic acid groups (broad SMARTS) is 1. The lowest BCUT2D eigenvalue weighted by molar-refractivity contribution is -0.122. The zero-order valence-corrected chi connectivity index (χ0v) is 33.0. The van der Waals surface area contributed by atoms with Gasteiger partial charge in [-0.2, -0.15) is 5.26 Å². The van der Waals surface area contributed by atoms with E-state index >= 15 is 0 Å². The number of carbonyl (C=O) groups is 2. The number of nitrogens with zero attached hydrogens (tertiary/aromatic N) is 4. The molecule has 0 aliphatic carbocycles. The number of aromatic nitrogens is 2. The van der Waals surface area contributed by atoms with Gasteiger partial charge in [0.05, 0.1) is 17.2 Å². The molecule has 0 atom stereocenters. The molecule has 6 rings (SSSR count). The molecule has 0 saturated carbocycles. The second-order valence-electron chi connectivity index (χ2n) is 13.2.